The monoisotopic (exact) mass is 352 g/mol. The van der Waals surface area contributed by atoms with E-state index in [1.54, 1.807) is 18.2 Å². The minimum absolute atomic E-state index is 0.216. The summed E-state index contributed by atoms with van der Waals surface area (Å²) in [4.78, 5) is 0. The van der Waals surface area contributed by atoms with Crippen molar-refractivity contribution in [1.29, 1.82) is 0 Å². The number of unbranched alkanes of at least 4 members (excludes halogenated alkanes) is 5. The summed E-state index contributed by atoms with van der Waals surface area (Å²) in [5, 5.41) is 19.1. The van der Waals surface area contributed by atoms with Gasteiger partial charge in [-0.05, 0) is 25.0 Å². The third-order valence-electron chi connectivity index (χ3n) is 4.32. The normalized spacial score (nSPS) is 20.7. The van der Waals surface area contributed by atoms with Gasteiger partial charge in [-0.2, -0.15) is 0 Å². The van der Waals surface area contributed by atoms with Crippen LogP contribution >= 0.6 is 0 Å². The van der Waals surface area contributed by atoms with Gasteiger partial charge in [0, 0.05) is 5.56 Å². The molecule has 2 unspecified atom stereocenters. The van der Waals surface area contributed by atoms with E-state index in [4.69, 9.17) is 14.2 Å². The molecular weight excluding hydrogens is 320 g/mol. The number of phenolic OH excluding ortho intramolecular Hbond substituents is 2. The average molecular weight is 352 g/mol. The van der Waals surface area contributed by atoms with Crippen LogP contribution in [0.5, 0.6) is 11.5 Å². The lowest BCUT2D eigenvalue weighted by atomic mass is 10.0. The van der Waals surface area contributed by atoms with Gasteiger partial charge in [-0.15, -0.1) is 0 Å². The van der Waals surface area contributed by atoms with Gasteiger partial charge in [0.15, 0.2) is 0 Å². The topological polar surface area (TPSA) is 74.8 Å². The molecule has 2 atom stereocenters. The molecule has 2 N–H and O–H groups in total. The zero-order valence-electron chi connectivity index (χ0n) is 15.3. The summed E-state index contributed by atoms with van der Waals surface area (Å²) in [5.74, 6) is 0.433. The maximum absolute atomic E-state index is 9.57. The largest absolute Gasteiger partial charge is 0.508 e. The van der Waals surface area contributed by atoms with Gasteiger partial charge < -0.3 is 24.4 Å². The minimum Gasteiger partial charge on any atom is -0.508 e. The van der Waals surface area contributed by atoms with Crippen molar-refractivity contribution in [3.8, 4) is 11.5 Å². The van der Waals surface area contributed by atoms with E-state index in [0.717, 1.165) is 39.3 Å². The van der Waals surface area contributed by atoms with Crippen LogP contribution in [0.15, 0.2) is 18.2 Å². The highest BCUT2D eigenvalue weighted by Crippen LogP contribution is 2.28. The molecule has 0 radical (unpaired) electrons. The quantitative estimate of drug-likeness (QED) is 0.468. The molecule has 0 bridgehead atoms. The Kier molecular flexibility index (Phi) is 9.08. The second-order valence-electron chi connectivity index (χ2n) is 6.74. The Hall–Kier alpha value is -1.30. The number of phenols is 2. The Morgan fingerprint density at radius 3 is 1.96 bits per heavy atom. The molecule has 0 aromatic heterocycles. The van der Waals surface area contributed by atoms with E-state index in [-0.39, 0.29) is 11.5 Å². The van der Waals surface area contributed by atoms with E-state index in [2.05, 4.69) is 6.92 Å². The summed E-state index contributed by atoms with van der Waals surface area (Å²) in [6, 6.07) is 4.92. The fourth-order valence-electron chi connectivity index (χ4n) is 2.56. The van der Waals surface area contributed by atoms with Gasteiger partial charge in [0.2, 0.25) is 0 Å². The number of benzene rings is 1. The number of ether oxygens (including phenoxy) is 3. The molecule has 3 rings (SSSR count). The van der Waals surface area contributed by atoms with E-state index < -0.39 is 0 Å². The van der Waals surface area contributed by atoms with E-state index in [1.165, 1.54) is 32.1 Å². The van der Waals surface area contributed by atoms with Gasteiger partial charge >= 0.3 is 0 Å². The van der Waals surface area contributed by atoms with Crippen molar-refractivity contribution in [2.75, 3.05) is 26.4 Å². The van der Waals surface area contributed by atoms with Gasteiger partial charge in [0.1, 0.15) is 23.7 Å². The zero-order chi connectivity index (χ0) is 17.9. The zero-order valence-corrected chi connectivity index (χ0v) is 15.3. The number of aromatic hydroxyl groups is 2. The summed E-state index contributed by atoms with van der Waals surface area (Å²) in [6.07, 6.45) is 8.88. The molecule has 0 spiro atoms. The first kappa shape index (κ1) is 20.0. The summed E-state index contributed by atoms with van der Waals surface area (Å²) in [5.41, 5.74) is 0.693. The Labute approximate surface area is 150 Å². The number of rotatable bonds is 11. The molecule has 0 amide bonds. The van der Waals surface area contributed by atoms with Crippen LogP contribution in [-0.4, -0.2) is 48.8 Å². The van der Waals surface area contributed by atoms with Crippen LogP contribution < -0.4 is 0 Å². The first-order chi connectivity index (χ1) is 12.2. The highest BCUT2D eigenvalue weighted by atomic mass is 16.6. The molecule has 1 aromatic carbocycles. The van der Waals surface area contributed by atoms with Crippen LogP contribution in [0.25, 0.3) is 0 Å². The molecule has 2 aliphatic heterocycles. The number of hydrogen-bond donors (Lipinski definition) is 2. The Bertz CT molecular complexity index is 451. The predicted octanol–water partition coefficient (Wildman–Crippen LogP) is 3.80. The molecule has 2 fully saturated rings. The van der Waals surface area contributed by atoms with Crippen LogP contribution in [-0.2, 0) is 20.6 Å². The molecule has 25 heavy (non-hydrogen) atoms. The third kappa shape index (κ3) is 9.10. The second-order valence-corrected chi connectivity index (χ2v) is 6.74. The highest BCUT2D eigenvalue weighted by molar-refractivity contribution is 5.42. The molecule has 1 aromatic rings. The van der Waals surface area contributed by atoms with Crippen molar-refractivity contribution in [2.24, 2.45) is 0 Å². The molecule has 5 nitrogen and oxygen atoms in total. The maximum atomic E-state index is 9.57. The summed E-state index contributed by atoms with van der Waals surface area (Å²) >= 11 is 0. The van der Waals surface area contributed by atoms with Crippen LogP contribution in [0.1, 0.15) is 51.0 Å². The van der Waals surface area contributed by atoms with Crippen molar-refractivity contribution < 1.29 is 24.4 Å². The lowest BCUT2D eigenvalue weighted by Crippen LogP contribution is -2.06. The molecule has 5 heteroatoms. The number of epoxide rings is 2. The third-order valence-corrected chi connectivity index (χ3v) is 4.32. The molecular formula is C20H32O5. The molecule has 2 saturated heterocycles. The van der Waals surface area contributed by atoms with Gasteiger partial charge in [0.05, 0.1) is 26.4 Å². The Morgan fingerprint density at radius 2 is 1.44 bits per heavy atom. The van der Waals surface area contributed by atoms with Crippen LogP contribution in [0.2, 0.25) is 0 Å². The standard InChI is InChI=1S/C14H22O2.C6H10O3/c1-2-3-4-5-6-7-9-12-13(15)10-8-11-14(12)16;1(5-3-8-5)7-2-6-4-9-6/h8,10-11,15-16H,2-7,9H2,1H3;5-6H,1-4H2. The predicted molar refractivity (Wildman–Crippen MR) is 97.2 cm³/mol. The lowest BCUT2D eigenvalue weighted by molar-refractivity contribution is 0.102. The van der Waals surface area contributed by atoms with Crippen molar-refractivity contribution in [2.45, 2.75) is 64.1 Å². The van der Waals surface area contributed by atoms with Gasteiger partial charge in [-0.1, -0.05) is 45.1 Å². The van der Waals surface area contributed by atoms with Crippen molar-refractivity contribution >= 4 is 0 Å². The van der Waals surface area contributed by atoms with E-state index in [1.807, 2.05) is 0 Å². The van der Waals surface area contributed by atoms with Crippen LogP contribution in [0.4, 0.5) is 0 Å². The van der Waals surface area contributed by atoms with Crippen molar-refractivity contribution in [1.82, 2.24) is 0 Å². The Balaban J connectivity index is 0.000000208. The lowest BCUT2D eigenvalue weighted by Gasteiger charge is -2.06. The second kappa shape index (κ2) is 11.3. The van der Waals surface area contributed by atoms with E-state index in [0.29, 0.717) is 17.8 Å². The van der Waals surface area contributed by atoms with E-state index in [9.17, 15) is 10.2 Å². The fraction of sp³-hybridized carbons (Fsp3) is 0.700. The van der Waals surface area contributed by atoms with Crippen LogP contribution in [0, 0.1) is 0 Å². The molecule has 142 valence electrons. The smallest absolute Gasteiger partial charge is 0.122 e. The molecule has 2 aliphatic rings. The van der Waals surface area contributed by atoms with Crippen molar-refractivity contribution in [3.05, 3.63) is 23.8 Å². The summed E-state index contributed by atoms with van der Waals surface area (Å²) in [6.45, 7) is 5.47. The molecule has 2 heterocycles. The van der Waals surface area contributed by atoms with Gasteiger partial charge in [-0.25, -0.2) is 0 Å². The average Bonchev–Trinajstić information content (AvgIpc) is 3.49. The van der Waals surface area contributed by atoms with Crippen molar-refractivity contribution in [3.63, 3.8) is 0 Å². The van der Waals surface area contributed by atoms with Gasteiger partial charge in [0.25, 0.3) is 0 Å². The highest BCUT2D eigenvalue weighted by Gasteiger charge is 2.26. The molecule has 0 aliphatic carbocycles. The Morgan fingerprint density at radius 1 is 0.920 bits per heavy atom. The minimum atomic E-state index is 0.216. The SMILES string of the molecule is C(OCC1CO1)C1CO1.CCCCCCCCc1c(O)cccc1O. The van der Waals surface area contributed by atoms with E-state index >= 15 is 0 Å². The van der Waals surface area contributed by atoms with Gasteiger partial charge in [-0.3, -0.25) is 0 Å². The summed E-state index contributed by atoms with van der Waals surface area (Å²) in [7, 11) is 0. The fourth-order valence-corrected chi connectivity index (χ4v) is 2.56. The maximum Gasteiger partial charge on any atom is 0.122 e. The number of hydrogen-bond acceptors (Lipinski definition) is 5. The first-order valence-corrected chi connectivity index (χ1v) is 9.51. The molecule has 0 saturated carbocycles. The first-order valence-electron chi connectivity index (χ1n) is 9.51. The van der Waals surface area contributed by atoms with Crippen LogP contribution in [0.3, 0.4) is 0 Å². The summed E-state index contributed by atoms with van der Waals surface area (Å²) < 4.78 is 15.1.